The third-order valence-electron chi connectivity index (χ3n) is 3.04. The first-order valence-electron chi connectivity index (χ1n) is 5.79. The van der Waals surface area contributed by atoms with E-state index in [2.05, 4.69) is 4.98 Å². The largest absolute Gasteiger partial charge is 0.497 e. The number of carbonyl (C=O) groups is 1. The molecule has 2 aromatic rings. The number of fused-ring (bicyclic) bond motifs is 2. The molecule has 0 spiro atoms. The van der Waals surface area contributed by atoms with Crippen molar-refractivity contribution in [3.05, 3.63) is 42.1 Å². The molecule has 5 heteroatoms. The molecule has 0 N–H and O–H groups in total. The van der Waals surface area contributed by atoms with Gasteiger partial charge in [-0.2, -0.15) is 0 Å². The third-order valence-corrected chi connectivity index (χ3v) is 3.04. The summed E-state index contributed by atoms with van der Waals surface area (Å²) in [5.74, 6) is 1.36. The van der Waals surface area contributed by atoms with E-state index in [4.69, 9.17) is 9.47 Å². The number of methoxy groups -OCH3 is 1. The highest BCUT2D eigenvalue weighted by Crippen LogP contribution is 2.37. The van der Waals surface area contributed by atoms with Crippen molar-refractivity contribution in [2.45, 2.75) is 0 Å². The number of pyridine rings is 1. The van der Waals surface area contributed by atoms with Gasteiger partial charge in [-0.3, -0.25) is 4.79 Å². The molecule has 0 saturated heterocycles. The number of hydrogen-bond donors (Lipinski definition) is 0. The fourth-order valence-electron chi connectivity index (χ4n) is 2.00. The number of anilines is 1. The van der Waals surface area contributed by atoms with Crippen molar-refractivity contribution in [3.63, 3.8) is 0 Å². The van der Waals surface area contributed by atoms with Crippen molar-refractivity contribution in [1.29, 1.82) is 0 Å². The van der Waals surface area contributed by atoms with Gasteiger partial charge in [0, 0.05) is 19.3 Å². The first-order chi connectivity index (χ1) is 9.20. The maximum Gasteiger partial charge on any atom is 0.261 e. The van der Waals surface area contributed by atoms with Crippen LogP contribution in [0.15, 0.2) is 36.5 Å². The van der Waals surface area contributed by atoms with Crippen molar-refractivity contribution >= 4 is 11.6 Å². The van der Waals surface area contributed by atoms with E-state index < -0.39 is 0 Å². The van der Waals surface area contributed by atoms with Crippen LogP contribution in [0, 0.1) is 0 Å². The Morgan fingerprint density at radius 1 is 1.32 bits per heavy atom. The Bertz CT molecular complexity index is 655. The van der Waals surface area contributed by atoms with Crippen molar-refractivity contribution in [3.8, 4) is 17.4 Å². The van der Waals surface area contributed by atoms with Crippen molar-refractivity contribution in [2.24, 2.45) is 0 Å². The van der Waals surface area contributed by atoms with E-state index in [0.717, 1.165) is 0 Å². The SMILES string of the molecule is COc1ccc2c(c1)Oc1ncccc1N(C)C2=O. The van der Waals surface area contributed by atoms with Gasteiger partial charge in [0.2, 0.25) is 5.88 Å². The minimum absolute atomic E-state index is 0.135. The van der Waals surface area contributed by atoms with Crippen LogP contribution in [0.1, 0.15) is 10.4 Å². The molecule has 19 heavy (non-hydrogen) atoms. The van der Waals surface area contributed by atoms with Crippen LogP contribution in [0.5, 0.6) is 17.4 Å². The van der Waals surface area contributed by atoms with Gasteiger partial charge in [-0.1, -0.05) is 0 Å². The van der Waals surface area contributed by atoms with Crippen LogP contribution in [0.4, 0.5) is 5.69 Å². The highest BCUT2D eigenvalue weighted by Gasteiger charge is 2.26. The Morgan fingerprint density at radius 2 is 2.16 bits per heavy atom. The quantitative estimate of drug-likeness (QED) is 0.786. The van der Waals surface area contributed by atoms with E-state index in [0.29, 0.717) is 28.6 Å². The highest BCUT2D eigenvalue weighted by atomic mass is 16.5. The first-order valence-corrected chi connectivity index (χ1v) is 5.79. The lowest BCUT2D eigenvalue weighted by Gasteiger charge is -2.14. The number of amides is 1. The standard InChI is InChI=1S/C14H12N2O3/c1-16-11-4-3-7-15-13(11)19-12-8-9(18-2)5-6-10(12)14(16)17/h3-8H,1-2H3. The van der Waals surface area contributed by atoms with Crippen LogP contribution >= 0.6 is 0 Å². The van der Waals surface area contributed by atoms with Gasteiger partial charge in [0.25, 0.3) is 5.91 Å². The molecule has 2 heterocycles. The number of rotatable bonds is 1. The normalized spacial score (nSPS) is 13.2. The second-order valence-electron chi connectivity index (χ2n) is 4.16. The number of aromatic nitrogens is 1. The second-order valence-corrected chi connectivity index (χ2v) is 4.16. The Morgan fingerprint density at radius 3 is 2.95 bits per heavy atom. The summed E-state index contributed by atoms with van der Waals surface area (Å²) in [6, 6.07) is 8.67. The van der Waals surface area contributed by atoms with Gasteiger partial charge in [-0.05, 0) is 24.3 Å². The maximum absolute atomic E-state index is 12.4. The van der Waals surface area contributed by atoms with E-state index in [-0.39, 0.29) is 5.91 Å². The molecule has 1 aliphatic heterocycles. The number of nitrogens with zero attached hydrogens (tertiary/aromatic N) is 2. The summed E-state index contributed by atoms with van der Waals surface area (Å²) in [5.41, 5.74) is 1.13. The van der Waals surface area contributed by atoms with E-state index in [1.807, 2.05) is 0 Å². The van der Waals surface area contributed by atoms with E-state index in [9.17, 15) is 4.79 Å². The van der Waals surface area contributed by atoms with Gasteiger partial charge in [0.15, 0.2) is 0 Å². The molecule has 5 nitrogen and oxygen atoms in total. The predicted molar refractivity (Wildman–Crippen MR) is 70.0 cm³/mol. The zero-order valence-electron chi connectivity index (χ0n) is 10.6. The molecule has 0 bridgehead atoms. The lowest BCUT2D eigenvalue weighted by atomic mass is 10.1. The van der Waals surface area contributed by atoms with Crippen LogP contribution in [-0.4, -0.2) is 25.0 Å². The van der Waals surface area contributed by atoms with E-state index in [1.54, 1.807) is 50.7 Å². The minimum atomic E-state index is -0.135. The molecule has 0 unspecified atom stereocenters. The molecule has 0 atom stereocenters. The van der Waals surface area contributed by atoms with Gasteiger partial charge in [0.1, 0.15) is 17.2 Å². The van der Waals surface area contributed by atoms with E-state index >= 15 is 0 Å². The van der Waals surface area contributed by atoms with Crippen LogP contribution in [-0.2, 0) is 0 Å². The summed E-state index contributed by atoms with van der Waals surface area (Å²) in [6.07, 6.45) is 1.63. The molecule has 1 amide bonds. The van der Waals surface area contributed by atoms with Gasteiger partial charge in [0.05, 0.1) is 12.7 Å². The monoisotopic (exact) mass is 256 g/mol. The predicted octanol–water partition coefficient (Wildman–Crippen LogP) is 2.47. The third kappa shape index (κ3) is 1.79. The lowest BCUT2D eigenvalue weighted by molar-refractivity contribution is 0.0993. The smallest absolute Gasteiger partial charge is 0.261 e. The summed E-state index contributed by atoms with van der Waals surface area (Å²) >= 11 is 0. The van der Waals surface area contributed by atoms with Crippen molar-refractivity contribution in [1.82, 2.24) is 4.98 Å². The van der Waals surface area contributed by atoms with Gasteiger partial charge in [-0.25, -0.2) is 4.98 Å². The van der Waals surface area contributed by atoms with Gasteiger partial charge < -0.3 is 14.4 Å². The molecular formula is C14H12N2O3. The van der Waals surface area contributed by atoms with Crippen LogP contribution in [0.25, 0.3) is 0 Å². The minimum Gasteiger partial charge on any atom is -0.497 e. The van der Waals surface area contributed by atoms with Gasteiger partial charge >= 0.3 is 0 Å². The summed E-state index contributed by atoms with van der Waals surface area (Å²) < 4.78 is 10.9. The molecular weight excluding hydrogens is 244 g/mol. The summed E-state index contributed by atoms with van der Waals surface area (Å²) in [6.45, 7) is 0. The summed E-state index contributed by atoms with van der Waals surface area (Å²) in [7, 11) is 3.27. The summed E-state index contributed by atoms with van der Waals surface area (Å²) in [4.78, 5) is 18.1. The second kappa shape index (κ2) is 4.28. The first kappa shape index (κ1) is 11.5. The molecule has 0 saturated carbocycles. The zero-order valence-corrected chi connectivity index (χ0v) is 10.6. The molecule has 0 fully saturated rings. The average molecular weight is 256 g/mol. The fraction of sp³-hybridized carbons (Fsp3) is 0.143. The highest BCUT2D eigenvalue weighted by molar-refractivity contribution is 6.09. The van der Waals surface area contributed by atoms with Crippen molar-refractivity contribution < 1.29 is 14.3 Å². The van der Waals surface area contributed by atoms with Gasteiger partial charge in [-0.15, -0.1) is 0 Å². The van der Waals surface area contributed by atoms with Crippen LogP contribution in [0.2, 0.25) is 0 Å². The number of ether oxygens (including phenoxy) is 2. The number of benzene rings is 1. The molecule has 0 radical (unpaired) electrons. The van der Waals surface area contributed by atoms with Crippen LogP contribution in [0.3, 0.4) is 0 Å². The van der Waals surface area contributed by atoms with Crippen molar-refractivity contribution in [2.75, 3.05) is 19.1 Å². The zero-order chi connectivity index (χ0) is 13.4. The molecule has 3 rings (SSSR count). The molecule has 1 aliphatic rings. The number of carbonyl (C=O) groups excluding carboxylic acids is 1. The lowest BCUT2D eigenvalue weighted by Crippen LogP contribution is -2.25. The Kier molecular flexibility index (Phi) is 2.59. The van der Waals surface area contributed by atoms with Crippen LogP contribution < -0.4 is 14.4 Å². The Hall–Kier alpha value is -2.56. The maximum atomic E-state index is 12.4. The molecule has 96 valence electrons. The molecule has 1 aromatic heterocycles. The number of hydrogen-bond acceptors (Lipinski definition) is 4. The summed E-state index contributed by atoms with van der Waals surface area (Å²) in [5, 5.41) is 0. The van der Waals surface area contributed by atoms with E-state index in [1.165, 1.54) is 4.90 Å². The topological polar surface area (TPSA) is 51.7 Å². The Balaban J connectivity index is 2.19. The molecule has 0 aliphatic carbocycles. The molecule has 1 aromatic carbocycles. The fourth-order valence-corrected chi connectivity index (χ4v) is 2.00. The average Bonchev–Trinajstić information content (AvgIpc) is 2.55. The Labute approximate surface area is 110 Å².